The standard InChI is InChI=1S/C19H23FN6O/c1-11-10-27-19-14(6-13(20)9-25-19)16-3-2-4-26(16)18(22)15-5-12(7-23-11)8-24-17(15)21/h5-6,8-9,11,16,22-23H,2-4,7,10H2,1H3,(H2,21,24)/t11-,16-/m1/s1. The summed E-state index contributed by atoms with van der Waals surface area (Å²) in [4.78, 5) is 10.4. The summed E-state index contributed by atoms with van der Waals surface area (Å²) < 4.78 is 19.9. The average molecular weight is 370 g/mol. The van der Waals surface area contributed by atoms with Crippen LogP contribution in [-0.2, 0) is 6.54 Å². The first-order chi connectivity index (χ1) is 13.0. The van der Waals surface area contributed by atoms with Crippen molar-refractivity contribution in [1.82, 2.24) is 20.2 Å². The van der Waals surface area contributed by atoms with Crippen LogP contribution in [0.3, 0.4) is 0 Å². The van der Waals surface area contributed by atoms with Crippen molar-refractivity contribution in [2.75, 3.05) is 18.9 Å². The summed E-state index contributed by atoms with van der Waals surface area (Å²) in [6, 6.07) is 3.26. The molecular weight excluding hydrogens is 347 g/mol. The van der Waals surface area contributed by atoms with Crippen LogP contribution in [0.1, 0.15) is 42.5 Å². The zero-order chi connectivity index (χ0) is 19.0. The molecule has 4 heterocycles. The lowest BCUT2D eigenvalue weighted by Gasteiger charge is -2.28. The second-order valence-corrected chi connectivity index (χ2v) is 7.12. The van der Waals surface area contributed by atoms with E-state index in [1.807, 2.05) is 17.9 Å². The van der Waals surface area contributed by atoms with Gasteiger partial charge in [0.2, 0.25) is 5.88 Å². The molecule has 1 saturated heterocycles. The van der Waals surface area contributed by atoms with Crippen LogP contribution in [0.4, 0.5) is 10.2 Å². The molecule has 7 nitrogen and oxygen atoms in total. The molecule has 0 aromatic carbocycles. The average Bonchev–Trinajstić information content (AvgIpc) is 3.14. The van der Waals surface area contributed by atoms with E-state index in [2.05, 4.69) is 15.3 Å². The number of nitrogens with two attached hydrogens (primary N) is 1. The van der Waals surface area contributed by atoms with Crippen molar-refractivity contribution < 1.29 is 9.13 Å². The van der Waals surface area contributed by atoms with Gasteiger partial charge in [-0.25, -0.2) is 14.4 Å². The number of pyridine rings is 2. The topological polar surface area (TPSA) is 100 Å². The highest BCUT2D eigenvalue weighted by molar-refractivity contribution is 6.00. The third kappa shape index (κ3) is 3.44. The Kier molecular flexibility index (Phi) is 4.65. The Balaban J connectivity index is 1.81. The van der Waals surface area contributed by atoms with E-state index in [0.29, 0.717) is 48.4 Å². The zero-order valence-electron chi connectivity index (χ0n) is 15.2. The van der Waals surface area contributed by atoms with Crippen molar-refractivity contribution in [3.63, 3.8) is 0 Å². The van der Waals surface area contributed by atoms with Crippen LogP contribution in [0.2, 0.25) is 0 Å². The lowest BCUT2D eigenvalue weighted by Crippen LogP contribution is -2.32. The number of anilines is 1. The Morgan fingerprint density at radius 1 is 1.33 bits per heavy atom. The molecule has 0 spiro atoms. The van der Waals surface area contributed by atoms with E-state index in [9.17, 15) is 4.39 Å². The zero-order valence-corrected chi connectivity index (χ0v) is 15.2. The minimum Gasteiger partial charge on any atom is -0.476 e. The van der Waals surface area contributed by atoms with Gasteiger partial charge in [-0.1, -0.05) is 0 Å². The molecule has 2 atom stereocenters. The first-order valence-corrected chi connectivity index (χ1v) is 9.14. The van der Waals surface area contributed by atoms with Crippen LogP contribution < -0.4 is 15.8 Å². The lowest BCUT2D eigenvalue weighted by molar-refractivity contribution is 0.254. The van der Waals surface area contributed by atoms with E-state index in [1.165, 1.54) is 12.3 Å². The molecule has 0 saturated carbocycles. The molecular formula is C19H23FN6O. The summed E-state index contributed by atoms with van der Waals surface area (Å²) in [5.41, 5.74) is 8.29. The third-order valence-electron chi connectivity index (χ3n) is 5.10. The number of aromatic nitrogens is 2. The molecule has 4 rings (SSSR count). The van der Waals surface area contributed by atoms with Gasteiger partial charge in [-0.15, -0.1) is 0 Å². The van der Waals surface area contributed by atoms with E-state index in [1.54, 1.807) is 6.20 Å². The first-order valence-electron chi connectivity index (χ1n) is 9.14. The molecule has 8 heteroatoms. The van der Waals surface area contributed by atoms with Crippen molar-refractivity contribution in [2.24, 2.45) is 0 Å². The predicted molar refractivity (Wildman–Crippen MR) is 100 cm³/mol. The minimum absolute atomic E-state index is 0.0607. The Bertz CT molecular complexity index is 873. The van der Waals surface area contributed by atoms with Crippen molar-refractivity contribution >= 4 is 11.7 Å². The van der Waals surface area contributed by atoms with Gasteiger partial charge in [0.1, 0.15) is 24.1 Å². The second-order valence-electron chi connectivity index (χ2n) is 7.12. The number of nitrogens with one attached hydrogen (secondary N) is 2. The van der Waals surface area contributed by atoms with Gasteiger partial charge in [-0.05, 0) is 37.5 Å². The minimum atomic E-state index is -0.408. The van der Waals surface area contributed by atoms with Gasteiger partial charge in [-0.2, -0.15) is 0 Å². The maximum Gasteiger partial charge on any atom is 0.218 e. The number of rotatable bonds is 0. The van der Waals surface area contributed by atoms with Crippen molar-refractivity contribution in [1.29, 1.82) is 5.41 Å². The van der Waals surface area contributed by atoms with Crippen LogP contribution >= 0.6 is 0 Å². The predicted octanol–water partition coefficient (Wildman–Crippen LogP) is 2.23. The fourth-order valence-corrected chi connectivity index (χ4v) is 3.67. The number of hydrogen-bond donors (Lipinski definition) is 3. The smallest absolute Gasteiger partial charge is 0.218 e. The highest BCUT2D eigenvalue weighted by Crippen LogP contribution is 2.38. The summed E-state index contributed by atoms with van der Waals surface area (Å²) in [7, 11) is 0. The molecule has 27 heavy (non-hydrogen) atoms. The van der Waals surface area contributed by atoms with E-state index in [4.69, 9.17) is 15.9 Å². The molecule has 0 amide bonds. The quantitative estimate of drug-likeness (QED) is 0.658. The number of nitrogen functional groups attached to an aromatic ring is 1. The van der Waals surface area contributed by atoms with Gasteiger partial charge in [0.05, 0.1) is 17.8 Å². The molecule has 2 aromatic rings. The Morgan fingerprint density at radius 3 is 3.04 bits per heavy atom. The normalized spacial score (nSPS) is 22.7. The van der Waals surface area contributed by atoms with Crippen molar-refractivity contribution in [3.05, 3.63) is 47.0 Å². The van der Waals surface area contributed by atoms with Crippen molar-refractivity contribution in [3.8, 4) is 5.88 Å². The molecule has 2 aliphatic rings. The van der Waals surface area contributed by atoms with Gasteiger partial charge >= 0.3 is 0 Å². The molecule has 0 aliphatic carbocycles. The second kappa shape index (κ2) is 7.11. The number of ether oxygens (including phenoxy) is 1. The number of nitrogens with zero attached hydrogens (tertiary/aromatic N) is 3. The largest absolute Gasteiger partial charge is 0.476 e. The Morgan fingerprint density at radius 2 is 2.19 bits per heavy atom. The van der Waals surface area contributed by atoms with Crippen LogP contribution in [0.25, 0.3) is 0 Å². The maximum absolute atomic E-state index is 14.0. The first kappa shape index (κ1) is 17.7. The maximum atomic E-state index is 14.0. The monoisotopic (exact) mass is 370 g/mol. The molecule has 4 N–H and O–H groups in total. The molecule has 0 unspecified atom stereocenters. The van der Waals surface area contributed by atoms with E-state index in [-0.39, 0.29) is 12.1 Å². The van der Waals surface area contributed by atoms with E-state index >= 15 is 0 Å². The van der Waals surface area contributed by atoms with Gasteiger partial charge < -0.3 is 20.7 Å². The third-order valence-corrected chi connectivity index (χ3v) is 5.10. The highest BCUT2D eigenvalue weighted by atomic mass is 19.1. The van der Waals surface area contributed by atoms with E-state index in [0.717, 1.165) is 18.4 Å². The fourth-order valence-electron chi connectivity index (χ4n) is 3.67. The van der Waals surface area contributed by atoms with Crippen LogP contribution in [0.5, 0.6) is 5.88 Å². The fraction of sp³-hybridized carbons (Fsp3) is 0.421. The summed E-state index contributed by atoms with van der Waals surface area (Å²) in [5.74, 6) is 0.638. The summed E-state index contributed by atoms with van der Waals surface area (Å²) in [6.45, 7) is 3.70. The number of fused-ring (bicyclic) bond motifs is 5. The summed E-state index contributed by atoms with van der Waals surface area (Å²) in [5, 5.41) is 12.1. The van der Waals surface area contributed by atoms with Gasteiger partial charge in [0.15, 0.2) is 0 Å². The molecule has 1 fully saturated rings. The lowest BCUT2D eigenvalue weighted by atomic mass is 10.0. The summed E-state index contributed by atoms with van der Waals surface area (Å²) in [6.07, 6.45) is 4.59. The molecule has 142 valence electrons. The molecule has 2 bridgehead atoms. The Labute approximate surface area is 157 Å². The molecule has 0 radical (unpaired) electrons. The summed E-state index contributed by atoms with van der Waals surface area (Å²) >= 11 is 0. The molecule has 2 aliphatic heterocycles. The number of halogens is 1. The van der Waals surface area contributed by atoms with Crippen LogP contribution in [0, 0.1) is 11.2 Å². The number of amidine groups is 1. The number of hydrogen-bond acceptors (Lipinski definition) is 6. The highest BCUT2D eigenvalue weighted by Gasteiger charge is 2.32. The van der Waals surface area contributed by atoms with Crippen LogP contribution in [0.15, 0.2) is 24.5 Å². The SMILES string of the molecule is C[C@@H]1COc2ncc(F)cc2[C@H]2CCCN2C(=N)c2cc(cnc2N)CN1. The van der Waals surface area contributed by atoms with Crippen molar-refractivity contribution in [2.45, 2.75) is 38.4 Å². The van der Waals surface area contributed by atoms with E-state index < -0.39 is 5.82 Å². The van der Waals surface area contributed by atoms with Gasteiger partial charge in [0, 0.05) is 30.9 Å². The van der Waals surface area contributed by atoms with Gasteiger partial charge in [-0.3, -0.25) is 5.41 Å². The van der Waals surface area contributed by atoms with Crippen LogP contribution in [-0.4, -0.2) is 39.9 Å². The Hall–Kier alpha value is -2.74. The van der Waals surface area contributed by atoms with Gasteiger partial charge in [0.25, 0.3) is 0 Å². The molecule has 2 aromatic heterocycles.